The Labute approximate surface area is 128 Å². The van der Waals surface area contributed by atoms with Crippen LogP contribution in [0.1, 0.15) is 55.9 Å². The molecule has 0 radical (unpaired) electrons. The van der Waals surface area contributed by atoms with E-state index in [4.69, 9.17) is 0 Å². The van der Waals surface area contributed by atoms with Gasteiger partial charge in [-0.1, -0.05) is 26.2 Å². The minimum Gasteiger partial charge on any atom is -0.374 e. The average Bonchev–Trinajstić information content (AvgIpc) is 2.81. The van der Waals surface area contributed by atoms with Crippen molar-refractivity contribution in [2.45, 2.75) is 45.4 Å². The van der Waals surface area contributed by atoms with Crippen molar-refractivity contribution in [3.05, 3.63) is 24.0 Å². The van der Waals surface area contributed by atoms with Crippen LogP contribution in [0, 0.1) is 0 Å². The van der Waals surface area contributed by atoms with Gasteiger partial charge in [0, 0.05) is 38.6 Å². The van der Waals surface area contributed by atoms with Crippen LogP contribution in [0.15, 0.2) is 18.3 Å². The van der Waals surface area contributed by atoms with Crippen molar-refractivity contribution < 1.29 is 4.79 Å². The summed E-state index contributed by atoms with van der Waals surface area (Å²) in [5.74, 6) is 0.0858. The molecule has 1 aliphatic heterocycles. The standard InChI is InChI=1S/C17H27N3O/c1-3-4-11-19(2)15-9-10-18-16(14-15)17(21)20-12-7-5-6-8-13-20/h9-10,14H,3-8,11-13H2,1-2H3. The first kappa shape index (κ1) is 15.8. The van der Waals surface area contributed by atoms with Crippen LogP contribution in [0.5, 0.6) is 0 Å². The number of carbonyl (C=O) groups is 1. The Morgan fingerprint density at radius 1 is 1.29 bits per heavy atom. The van der Waals surface area contributed by atoms with Crippen LogP contribution in [0.2, 0.25) is 0 Å². The first-order valence-corrected chi connectivity index (χ1v) is 8.19. The zero-order valence-corrected chi connectivity index (χ0v) is 13.3. The number of pyridine rings is 1. The lowest BCUT2D eigenvalue weighted by Crippen LogP contribution is -2.32. The monoisotopic (exact) mass is 289 g/mol. The number of likely N-dealkylation sites (tertiary alicyclic amines) is 1. The van der Waals surface area contributed by atoms with Crippen LogP contribution in [0.25, 0.3) is 0 Å². The number of anilines is 1. The Balaban J connectivity index is 2.06. The van der Waals surface area contributed by atoms with Crippen LogP contribution < -0.4 is 4.90 Å². The van der Waals surface area contributed by atoms with E-state index in [0.717, 1.165) is 44.6 Å². The molecule has 1 saturated heterocycles. The number of rotatable bonds is 5. The van der Waals surface area contributed by atoms with Crippen molar-refractivity contribution in [3.8, 4) is 0 Å². The highest BCUT2D eigenvalue weighted by atomic mass is 16.2. The first-order chi connectivity index (χ1) is 10.2. The van der Waals surface area contributed by atoms with Gasteiger partial charge in [-0.15, -0.1) is 0 Å². The fourth-order valence-electron chi connectivity index (χ4n) is 2.73. The zero-order chi connectivity index (χ0) is 15.1. The Bertz CT molecular complexity index is 453. The maximum Gasteiger partial charge on any atom is 0.272 e. The summed E-state index contributed by atoms with van der Waals surface area (Å²) in [5, 5.41) is 0. The molecule has 1 amide bonds. The van der Waals surface area contributed by atoms with Gasteiger partial charge in [0.25, 0.3) is 5.91 Å². The van der Waals surface area contributed by atoms with Crippen molar-refractivity contribution >= 4 is 11.6 Å². The Morgan fingerprint density at radius 3 is 2.67 bits per heavy atom. The second-order valence-electron chi connectivity index (χ2n) is 5.88. The number of amides is 1. The molecule has 0 aromatic carbocycles. The molecule has 1 fully saturated rings. The molecule has 1 aliphatic rings. The van der Waals surface area contributed by atoms with Gasteiger partial charge >= 0.3 is 0 Å². The van der Waals surface area contributed by atoms with E-state index in [-0.39, 0.29) is 5.91 Å². The smallest absolute Gasteiger partial charge is 0.272 e. The second-order valence-corrected chi connectivity index (χ2v) is 5.88. The minimum absolute atomic E-state index is 0.0858. The summed E-state index contributed by atoms with van der Waals surface area (Å²) in [5.41, 5.74) is 1.66. The predicted octanol–water partition coefficient (Wildman–Crippen LogP) is 3.33. The van der Waals surface area contributed by atoms with Gasteiger partial charge in [-0.25, -0.2) is 0 Å². The third kappa shape index (κ3) is 4.45. The van der Waals surface area contributed by atoms with E-state index < -0.39 is 0 Å². The molecule has 2 heterocycles. The van der Waals surface area contributed by atoms with E-state index in [1.54, 1.807) is 6.20 Å². The SMILES string of the molecule is CCCCN(C)c1ccnc(C(=O)N2CCCCCC2)c1. The highest BCUT2D eigenvalue weighted by Crippen LogP contribution is 2.17. The molecule has 1 aromatic rings. The predicted molar refractivity (Wildman–Crippen MR) is 86.8 cm³/mol. The maximum absolute atomic E-state index is 12.6. The Morgan fingerprint density at radius 2 is 2.00 bits per heavy atom. The van der Waals surface area contributed by atoms with Crippen LogP contribution in [0.4, 0.5) is 5.69 Å². The minimum atomic E-state index is 0.0858. The van der Waals surface area contributed by atoms with Gasteiger partial charge in [0.05, 0.1) is 0 Å². The molecule has 21 heavy (non-hydrogen) atoms. The molecule has 4 nitrogen and oxygen atoms in total. The third-order valence-corrected chi connectivity index (χ3v) is 4.14. The average molecular weight is 289 g/mol. The van der Waals surface area contributed by atoms with Crippen LogP contribution in [-0.4, -0.2) is 42.5 Å². The summed E-state index contributed by atoms with van der Waals surface area (Å²) in [6.45, 7) is 4.94. The van der Waals surface area contributed by atoms with Gasteiger partial charge in [-0.05, 0) is 31.4 Å². The second kappa shape index (κ2) is 8.01. The van der Waals surface area contributed by atoms with Gasteiger partial charge in [-0.3, -0.25) is 9.78 Å². The van der Waals surface area contributed by atoms with Crippen molar-refractivity contribution in [1.82, 2.24) is 9.88 Å². The Kier molecular flexibility index (Phi) is 6.03. The Hall–Kier alpha value is -1.58. The molecule has 0 spiro atoms. The lowest BCUT2D eigenvalue weighted by atomic mass is 10.2. The topological polar surface area (TPSA) is 36.4 Å². The van der Waals surface area contributed by atoms with E-state index in [1.807, 2.05) is 17.0 Å². The fraction of sp³-hybridized carbons (Fsp3) is 0.647. The van der Waals surface area contributed by atoms with E-state index in [1.165, 1.54) is 19.3 Å². The number of aromatic nitrogens is 1. The summed E-state index contributed by atoms with van der Waals surface area (Å²) in [7, 11) is 2.07. The molecule has 0 N–H and O–H groups in total. The quantitative estimate of drug-likeness (QED) is 0.834. The fourth-order valence-corrected chi connectivity index (χ4v) is 2.73. The van der Waals surface area contributed by atoms with Crippen molar-refractivity contribution in [1.29, 1.82) is 0 Å². The van der Waals surface area contributed by atoms with Gasteiger partial charge in [0.2, 0.25) is 0 Å². The molecule has 0 bridgehead atoms. The molecular formula is C17H27N3O. The van der Waals surface area contributed by atoms with Gasteiger partial charge in [-0.2, -0.15) is 0 Å². The van der Waals surface area contributed by atoms with E-state index in [0.29, 0.717) is 5.69 Å². The van der Waals surface area contributed by atoms with E-state index >= 15 is 0 Å². The lowest BCUT2D eigenvalue weighted by Gasteiger charge is -2.22. The van der Waals surface area contributed by atoms with Crippen molar-refractivity contribution in [2.75, 3.05) is 31.6 Å². The number of nitrogens with zero attached hydrogens (tertiary/aromatic N) is 3. The molecule has 0 atom stereocenters. The van der Waals surface area contributed by atoms with Gasteiger partial charge < -0.3 is 9.80 Å². The summed E-state index contributed by atoms with van der Waals surface area (Å²) in [6, 6.07) is 3.91. The van der Waals surface area contributed by atoms with Gasteiger partial charge in [0.15, 0.2) is 0 Å². The highest BCUT2D eigenvalue weighted by molar-refractivity contribution is 5.93. The van der Waals surface area contributed by atoms with Crippen LogP contribution in [0.3, 0.4) is 0 Å². The molecule has 0 unspecified atom stereocenters. The highest BCUT2D eigenvalue weighted by Gasteiger charge is 2.18. The molecule has 1 aromatic heterocycles. The number of unbranched alkanes of at least 4 members (excludes halogenated alkanes) is 1. The molecule has 0 saturated carbocycles. The summed E-state index contributed by atoms with van der Waals surface area (Å²) in [6.07, 6.45) is 8.78. The lowest BCUT2D eigenvalue weighted by molar-refractivity contribution is 0.0756. The zero-order valence-electron chi connectivity index (χ0n) is 13.3. The largest absolute Gasteiger partial charge is 0.374 e. The van der Waals surface area contributed by atoms with Gasteiger partial charge in [0.1, 0.15) is 5.69 Å². The summed E-state index contributed by atoms with van der Waals surface area (Å²) < 4.78 is 0. The summed E-state index contributed by atoms with van der Waals surface area (Å²) >= 11 is 0. The molecule has 116 valence electrons. The molecule has 4 heteroatoms. The summed E-state index contributed by atoms with van der Waals surface area (Å²) in [4.78, 5) is 21.0. The molecule has 0 aliphatic carbocycles. The normalized spacial score (nSPS) is 15.6. The van der Waals surface area contributed by atoms with Crippen molar-refractivity contribution in [2.24, 2.45) is 0 Å². The number of carbonyl (C=O) groups excluding carboxylic acids is 1. The maximum atomic E-state index is 12.6. The van der Waals surface area contributed by atoms with Crippen LogP contribution in [-0.2, 0) is 0 Å². The number of hydrogen-bond donors (Lipinski definition) is 0. The molecule has 2 rings (SSSR count). The molecular weight excluding hydrogens is 262 g/mol. The van der Waals surface area contributed by atoms with E-state index in [2.05, 4.69) is 23.9 Å². The third-order valence-electron chi connectivity index (χ3n) is 4.14. The van der Waals surface area contributed by atoms with E-state index in [9.17, 15) is 4.79 Å². The van der Waals surface area contributed by atoms with Crippen LogP contribution >= 0.6 is 0 Å². The van der Waals surface area contributed by atoms with Crippen molar-refractivity contribution in [3.63, 3.8) is 0 Å². The number of hydrogen-bond acceptors (Lipinski definition) is 3. The first-order valence-electron chi connectivity index (χ1n) is 8.19.